The van der Waals surface area contributed by atoms with Gasteiger partial charge in [-0.05, 0) is 47.3 Å². The lowest BCUT2D eigenvalue weighted by Gasteiger charge is -2.14. The van der Waals surface area contributed by atoms with Crippen molar-refractivity contribution >= 4 is 45.8 Å². The number of amides is 2. The van der Waals surface area contributed by atoms with E-state index < -0.39 is 12.1 Å². The van der Waals surface area contributed by atoms with Crippen LogP contribution in [0.1, 0.15) is 11.7 Å². The van der Waals surface area contributed by atoms with E-state index in [1.54, 1.807) is 43.4 Å². The lowest BCUT2D eigenvalue weighted by atomic mass is 10.1. The zero-order valence-corrected chi connectivity index (χ0v) is 15.9. The number of rotatable bonds is 4. The summed E-state index contributed by atoms with van der Waals surface area (Å²) in [5.74, 6) is 0. The number of anilines is 1. The Morgan fingerprint density at radius 1 is 1.11 bits per heavy atom. The van der Waals surface area contributed by atoms with E-state index >= 15 is 0 Å². The van der Waals surface area contributed by atoms with Crippen molar-refractivity contribution in [1.82, 2.24) is 9.88 Å². The molecule has 0 saturated carbocycles. The van der Waals surface area contributed by atoms with E-state index in [1.807, 2.05) is 6.07 Å². The number of hydrogen-bond acceptors (Lipinski definition) is 3. The van der Waals surface area contributed by atoms with Gasteiger partial charge in [-0.3, -0.25) is 4.79 Å². The maximum atomic E-state index is 12.1. The number of aryl methyl sites for hydroxylation is 1. The van der Waals surface area contributed by atoms with Crippen molar-refractivity contribution in [2.45, 2.75) is 6.10 Å². The van der Waals surface area contributed by atoms with Crippen molar-refractivity contribution < 1.29 is 9.90 Å². The molecule has 0 aliphatic carbocycles. The molecule has 2 amide bonds. The predicted octanol–water partition coefficient (Wildman–Crippen LogP) is 3.70. The van der Waals surface area contributed by atoms with Crippen LogP contribution in [0.5, 0.6) is 0 Å². The summed E-state index contributed by atoms with van der Waals surface area (Å²) in [5.41, 5.74) is 1.61. The molecule has 1 aromatic heterocycles. The van der Waals surface area contributed by atoms with Crippen molar-refractivity contribution in [2.75, 3.05) is 11.9 Å². The van der Waals surface area contributed by atoms with E-state index in [1.165, 1.54) is 10.6 Å². The van der Waals surface area contributed by atoms with Gasteiger partial charge < -0.3 is 20.3 Å². The van der Waals surface area contributed by atoms with Gasteiger partial charge in [0.15, 0.2) is 0 Å². The third-order valence-corrected chi connectivity index (χ3v) is 4.55. The number of carbonyl (C=O) groups is 1. The second-order valence-corrected chi connectivity index (χ2v) is 6.93. The first-order valence-corrected chi connectivity index (χ1v) is 8.88. The summed E-state index contributed by atoms with van der Waals surface area (Å²) in [4.78, 5) is 23.9. The highest BCUT2D eigenvalue weighted by molar-refractivity contribution is 6.34. The summed E-state index contributed by atoms with van der Waals surface area (Å²) in [6.07, 6.45) is -0.954. The molecule has 3 rings (SSSR count). The minimum absolute atomic E-state index is 0.0193. The van der Waals surface area contributed by atoms with Crippen LogP contribution >= 0.6 is 23.2 Å². The number of nitrogens with zero attached hydrogens (tertiary/aromatic N) is 1. The molecule has 8 heteroatoms. The minimum atomic E-state index is -0.954. The van der Waals surface area contributed by atoms with E-state index in [-0.39, 0.29) is 12.1 Å². The average molecular weight is 406 g/mol. The Morgan fingerprint density at radius 2 is 1.78 bits per heavy atom. The normalized spacial score (nSPS) is 12.0. The maximum absolute atomic E-state index is 12.1. The second-order valence-electron chi connectivity index (χ2n) is 6.06. The Kier molecular flexibility index (Phi) is 5.70. The van der Waals surface area contributed by atoms with Crippen LogP contribution in [0, 0.1) is 0 Å². The number of carbonyl (C=O) groups excluding carboxylic acids is 1. The zero-order valence-electron chi connectivity index (χ0n) is 14.4. The molecule has 0 bridgehead atoms. The highest BCUT2D eigenvalue weighted by Gasteiger charge is 2.12. The molecule has 1 unspecified atom stereocenters. The maximum Gasteiger partial charge on any atom is 0.319 e. The molecule has 3 N–H and O–H groups in total. The van der Waals surface area contributed by atoms with Crippen LogP contribution in [0.3, 0.4) is 0 Å². The Morgan fingerprint density at radius 3 is 2.48 bits per heavy atom. The van der Waals surface area contributed by atoms with Gasteiger partial charge in [0.1, 0.15) is 0 Å². The molecule has 0 saturated heterocycles. The van der Waals surface area contributed by atoms with Gasteiger partial charge in [0.2, 0.25) is 0 Å². The van der Waals surface area contributed by atoms with Gasteiger partial charge in [-0.25, -0.2) is 4.79 Å². The molecule has 0 spiro atoms. The third-order valence-electron chi connectivity index (χ3n) is 4.11. The van der Waals surface area contributed by atoms with Crippen molar-refractivity contribution in [1.29, 1.82) is 0 Å². The van der Waals surface area contributed by atoms with Crippen LogP contribution in [0.2, 0.25) is 10.0 Å². The van der Waals surface area contributed by atoms with Crippen LogP contribution in [0.4, 0.5) is 10.5 Å². The highest BCUT2D eigenvalue weighted by atomic mass is 35.5. The summed E-state index contributed by atoms with van der Waals surface area (Å²) in [7, 11) is 1.67. The summed E-state index contributed by atoms with van der Waals surface area (Å²) in [5, 5.41) is 17.2. The van der Waals surface area contributed by atoms with Gasteiger partial charge in [-0.1, -0.05) is 29.3 Å². The van der Waals surface area contributed by atoms with Gasteiger partial charge >= 0.3 is 6.03 Å². The van der Waals surface area contributed by atoms with Gasteiger partial charge in [-0.15, -0.1) is 0 Å². The minimum Gasteiger partial charge on any atom is -0.387 e. The predicted molar refractivity (Wildman–Crippen MR) is 108 cm³/mol. The molecule has 2 aromatic carbocycles. The molecule has 3 aromatic rings. The number of aliphatic hydroxyl groups excluding tert-OH is 1. The molecule has 1 heterocycles. The first-order valence-electron chi connectivity index (χ1n) is 8.12. The fourth-order valence-corrected chi connectivity index (χ4v) is 3.24. The lowest BCUT2D eigenvalue weighted by Crippen LogP contribution is -2.32. The van der Waals surface area contributed by atoms with Crippen molar-refractivity contribution in [3.05, 3.63) is 74.5 Å². The molecular formula is C19H17Cl2N3O3. The standard InChI is InChI=1S/C19H17Cl2N3O3/c1-24-16-9-15(4-2-11(16)3-5-18(24)26)23-19(27)22-10-17(25)12-6-13(20)8-14(21)7-12/h2-9,17,25H,10H2,1H3,(H2,22,23,27). The molecule has 0 aliphatic rings. The number of pyridine rings is 1. The summed E-state index contributed by atoms with van der Waals surface area (Å²) in [6.45, 7) is -0.0193. The van der Waals surface area contributed by atoms with E-state index in [9.17, 15) is 14.7 Å². The molecule has 27 heavy (non-hydrogen) atoms. The number of benzene rings is 2. The average Bonchev–Trinajstić information content (AvgIpc) is 2.62. The smallest absolute Gasteiger partial charge is 0.319 e. The number of aromatic nitrogens is 1. The van der Waals surface area contributed by atoms with E-state index in [0.29, 0.717) is 26.8 Å². The monoisotopic (exact) mass is 405 g/mol. The Hall–Kier alpha value is -2.54. The van der Waals surface area contributed by atoms with Crippen molar-refractivity contribution in [3.63, 3.8) is 0 Å². The first-order chi connectivity index (χ1) is 12.8. The number of aliphatic hydroxyl groups is 1. The SMILES string of the molecule is Cn1c(=O)ccc2ccc(NC(=O)NCC(O)c3cc(Cl)cc(Cl)c3)cc21. The molecule has 6 nitrogen and oxygen atoms in total. The van der Waals surface area contributed by atoms with Crippen LogP contribution in [-0.2, 0) is 7.05 Å². The lowest BCUT2D eigenvalue weighted by molar-refractivity contribution is 0.175. The third kappa shape index (κ3) is 4.60. The summed E-state index contributed by atoms with van der Waals surface area (Å²) >= 11 is 11.8. The molecule has 1 atom stereocenters. The van der Waals surface area contributed by atoms with Gasteiger partial charge in [-0.2, -0.15) is 0 Å². The van der Waals surface area contributed by atoms with Gasteiger partial charge in [0, 0.05) is 35.4 Å². The van der Waals surface area contributed by atoms with Crippen molar-refractivity contribution in [2.24, 2.45) is 7.05 Å². The Labute approximate surface area is 165 Å². The fourth-order valence-electron chi connectivity index (χ4n) is 2.69. The highest BCUT2D eigenvalue weighted by Crippen LogP contribution is 2.23. The number of hydrogen-bond donors (Lipinski definition) is 3. The number of nitrogens with one attached hydrogen (secondary N) is 2. The molecule has 140 valence electrons. The summed E-state index contributed by atoms with van der Waals surface area (Å²) in [6, 6.07) is 12.7. The second kappa shape index (κ2) is 8.00. The Balaban J connectivity index is 1.66. The van der Waals surface area contributed by atoms with Gasteiger partial charge in [0.25, 0.3) is 5.56 Å². The summed E-state index contributed by atoms with van der Waals surface area (Å²) < 4.78 is 1.51. The zero-order chi connectivity index (χ0) is 19.6. The number of halogens is 2. The quantitative estimate of drug-likeness (QED) is 0.618. The van der Waals surface area contributed by atoms with Crippen LogP contribution in [0.15, 0.2) is 53.3 Å². The van der Waals surface area contributed by atoms with E-state index in [0.717, 1.165) is 5.39 Å². The fraction of sp³-hybridized carbons (Fsp3) is 0.158. The molecular weight excluding hydrogens is 389 g/mol. The van der Waals surface area contributed by atoms with Gasteiger partial charge in [0.05, 0.1) is 11.6 Å². The topological polar surface area (TPSA) is 83.4 Å². The van der Waals surface area contributed by atoms with Crippen molar-refractivity contribution in [3.8, 4) is 0 Å². The van der Waals surface area contributed by atoms with E-state index in [2.05, 4.69) is 10.6 Å². The number of fused-ring (bicyclic) bond motifs is 1. The Bertz CT molecular complexity index is 1050. The molecule has 0 aliphatic heterocycles. The largest absolute Gasteiger partial charge is 0.387 e. The van der Waals surface area contributed by atoms with Crippen LogP contribution < -0.4 is 16.2 Å². The van der Waals surface area contributed by atoms with Crippen LogP contribution in [0.25, 0.3) is 10.9 Å². The first kappa shape index (κ1) is 19.2. The molecule has 0 radical (unpaired) electrons. The number of urea groups is 1. The molecule has 0 fully saturated rings. The van der Waals surface area contributed by atoms with Crippen LogP contribution in [-0.4, -0.2) is 22.2 Å². The van der Waals surface area contributed by atoms with E-state index in [4.69, 9.17) is 23.2 Å².